The van der Waals surface area contributed by atoms with Crippen LogP contribution < -0.4 is 5.32 Å². The van der Waals surface area contributed by atoms with E-state index in [1.54, 1.807) is 0 Å². The van der Waals surface area contributed by atoms with Gasteiger partial charge in [0.1, 0.15) is 0 Å². The molecule has 0 aromatic heterocycles. The highest BCUT2D eigenvalue weighted by Crippen LogP contribution is 2.25. The largest absolute Gasteiger partial charge is 0.393 e. The number of likely N-dealkylation sites (tertiary alicyclic amines) is 2. The Morgan fingerprint density at radius 1 is 1.09 bits per heavy atom. The molecule has 6 heteroatoms. The molecule has 3 fully saturated rings. The van der Waals surface area contributed by atoms with E-state index in [2.05, 4.69) is 20.1 Å². The first kappa shape index (κ1) is 19.2. The Morgan fingerprint density at radius 2 is 1.87 bits per heavy atom. The van der Waals surface area contributed by atoms with Crippen LogP contribution in [0.1, 0.15) is 44.9 Å². The van der Waals surface area contributed by atoms with Gasteiger partial charge in [0.25, 0.3) is 0 Å². The second-order valence-electron chi connectivity index (χ2n) is 7.17. The summed E-state index contributed by atoms with van der Waals surface area (Å²) in [5.74, 6) is 1.43. The summed E-state index contributed by atoms with van der Waals surface area (Å²) in [4.78, 5) is 9.55. The van der Waals surface area contributed by atoms with Crippen molar-refractivity contribution >= 4 is 29.9 Å². The van der Waals surface area contributed by atoms with Gasteiger partial charge in [0.05, 0.1) is 6.10 Å². The number of aliphatic imine (C=N–C) groups is 1. The minimum atomic E-state index is -0.120. The predicted octanol–water partition coefficient (Wildman–Crippen LogP) is 1.90. The zero-order chi connectivity index (χ0) is 15.4. The number of aliphatic hydroxyl groups excluding tert-OH is 1. The Balaban J connectivity index is 0.00000192. The van der Waals surface area contributed by atoms with E-state index in [1.807, 2.05) is 7.05 Å². The monoisotopic (exact) mass is 436 g/mol. The summed E-state index contributed by atoms with van der Waals surface area (Å²) in [5.41, 5.74) is 0. The summed E-state index contributed by atoms with van der Waals surface area (Å²) in [7, 11) is 1.88. The fraction of sp³-hybridized carbons (Fsp3) is 0.941. The number of halogens is 1. The van der Waals surface area contributed by atoms with Gasteiger partial charge < -0.3 is 15.3 Å². The van der Waals surface area contributed by atoms with Gasteiger partial charge in [-0.3, -0.25) is 9.89 Å². The number of aliphatic hydroxyl groups is 1. The molecule has 0 aromatic rings. The number of rotatable bonds is 3. The van der Waals surface area contributed by atoms with Crippen LogP contribution >= 0.6 is 24.0 Å². The maximum Gasteiger partial charge on any atom is 0.193 e. The summed E-state index contributed by atoms with van der Waals surface area (Å²) < 4.78 is 0. The topological polar surface area (TPSA) is 51.1 Å². The Hall–Kier alpha value is -0.0800. The first-order chi connectivity index (χ1) is 10.8. The molecule has 2 heterocycles. The highest BCUT2D eigenvalue weighted by molar-refractivity contribution is 14.0. The third kappa shape index (κ3) is 4.95. The molecular formula is C17H33IN4O. The van der Waals surface area contributed by atoms with E-state index in [4.69, 9.17) is 0 Å². The first-order valence-corrected chi connectivity index (χ1v) is 9.15. The highest BCUT2D eigenvalue weighted by atomic mass is 127. The standard InChI is InChI=1S/C17H32N4O.HI/c1-18-17(19-12-14-6-5-7-16(14)22)21-11-8-15(13-21)20-9-3-2-4-10-20;/h14-16,22H,2-13H2,1H3,(H,18,19);1H. The molecule has 0 amide bonds. The van der Waals surface area contributed by atoms with Crippen LogP contribution in [0.15, 0.2) is 4.99 Å². The second kappa shape index (κ2) is 9.42. The van der Waals surface area contributed by atoms with Crippen LogP contribution in [-0.2, 0) is 0 Å². The van der Waals surface area contributed by atoms with Crippen LogP contribution in [0, 0.1) is 5.92 Å². The van der Waals surface area contributed by atoms with Gasteiger partial charge in [0.15, 0.2) is 5.96 Å². The van der Waals surface area contributed by atoms with Crippen LogP contribution in [0.25, 0.3) is 0 Å². The number of nitrogens with one attached hydrogen (secondary N) is 1. The van der Waals surface area contributed by atoms with Gasteiger partial charge in [0.2, 0.25) is 0 Å². The minimum absolute atomic E-state index is 0. The zero-order valence-corrected chi connectivity index (χ0v) is 16.7. The summed E-state index contributed by atoms with van der Waals surface area (Å²) in [6.07, 6.45) is 8.53. The average molecular weight is 436 g/mol. The van der Waals surface area contributed by atoms with E-state index in [1.165, 1.54) is 38.8 Å². The molecule has 3 rings (SSSR count). The SMILES string of the molecule is CN=C(NCC1CCCC1O)N1CCC(N2CCCCC2)C1.I. The maximum absolute atomic E-state index is 9.95. The van der Waals surface area contributed by atoms with Gasteiger partial charge >= 0.3 is 0 Å². The van der Waals surface area contributed by atoms with Gasteiger partial charge in [-0.15, -0.1) is 24.0 Å². The molecule has 5 nitrogen and oxygen atoms in total. The first-order valence-electron chi connectivity index (χ1n) is 9.15. The molecule has 134 valence electrons. The Morgan fingerprint density at radius 3 is 2.52 bits per heavy atom. The summed E-state index contributed by atoms with van der Waals surface area (Å²) >= 11 is 0. The van der Waals surface area contributed by atoms with Crippen LogP contribution in [0.4, 0.5) is 0 Å². The molecule has 3 aliphatic rings. The molecule has 2 aliphatic heterocycles. The molecule has 2 N–H and O–H groups in total. The van der Waals surface area contributed by atoms with E-state index in [9.17, 15) is 5.11 Å². The van der Waals surface area contributed by atoms with Crippen molar-refractivity contribution in [1.29, 1.82) is 0 Å². The second-order valence-corrected chi connectivity index (χ2v) is 7.17. The van der Waals surface area contributed by atoms with Crippen molar-refractivity contribution in [2.24, 2.45) is 10.9 Å². The molecule has 1 saturated carbocycles. The molecule has 0 aromatic carbocycles. The Kier molecular flexibility index (Phi) is 7.88. The van der Waals surface area contributed by atoms with Crippen molar-refractivity contribution in [2.75, 3.05) is 39.8 Å². The average Bonchev–Trinajstić information content (AvgIpc) is 3.19. The van der Waals surface area contributed by atoms with Gasteiger partial charge in [0, 0.05) is 38.6 Å². The Bertz CT molecular complexity index is 387. The van der Waals surface area contributed by atoms with Crippen LogP contribution in [0.2, 0.25) is 0 Å². The summed E-state index contributed by atoms with van der Waals surface area (Å²) in [6, 6.07) is 0.705. The number of nitrogens with zero attached hydrogens (tertiary/aromatic N) is 3. The highest BCUT2D eigenvalue weighted by Gasteiger charge is 2.31. The van der Waals surface area contributed by atoms with Gasteiger partial charge in [-0.05, 0) is 45.2 Å². The number of hydrogen-bond acceptors (Lipinski definition) is 3. The molecule has 23 heavy (non-hydrogen) atoms. The zero-order valence-electron chi connectivity index (χ0n) is 14.4. The van der Waals surface area contributed by atoms with E-state index in [0.29, 0.717) is 12.0 Å². The summed E-state index contributed by atoms with van der Waals surface area (Å²) in [5, 5.41) is 13.5. The third-order valence-electron chi connectivity index (χ3n) is 5.72. The smallest absolute Gasteiger partial charge is 0.193 e. The molecule has 1 aliphatic carbocycles. The van der Waals surface area contributed by atoms with E-state index in [0.717, 1.165) is 44.9 Å². The van der Waals surface area contributed by atoms with Crippen molar-refractivity contribution in [3.63, 3.8) is 0 Å². The van der Waals surface area contributed by atoms with Gasteiger partial charge in [-0.2, -0.15) is 0 Å². The lowest BCUT2D eigenvalue weighted by Crippen LogP contribution is -2.45. The molecule has 0 spiro atoms. The number of piperidine rings is 1. The number of hydrogen-bond donors (Lipinski definition) is 2. The van der Waals surface area contributed by atoms with E-state index >= 15 is 0 Å². The van der Waals surface area contributed by atoms with Gasteiger partial charge in [-0.1, -0.05) is 12.8 Å². The molecule has 0 radical (unpaired) electrons. The fourth-order valence-electron chi connectivity index (χ4n) is 4.33. The normalized spacial score (nSPS) is 32.9. The van der Waals surface area contributed by atoms with Crippen molar-refractivity contribution < 1.29 is 5.11 Å². The fourth-order valence-corrected chi connectivity index (χ4v) is 4.33. The van der Waals surface area contributed by atoms with Crippen molar-refractivity contribution in [2.45, 2.75) is 57.1 Å². The molecule has 0 bridgehead atoms. The Labute approximate surface area is 157 Å². The molecular weight excluding hydrogens is 403 g/mol. The van der Waals surface area contributed by atoms with Crippen LogP contribution in [0.5, 0.6) is 0 Å². The van der Waals surface area contributed by atoms with Crippen molar-refractivity contribution in [3.8, 4) is 0 Å². The van der Waals surface area contributed by atoms with Crippen molar-refractivity contribution in [3.05, 3.63) is 0 Å². The maximum atomic E-state index is 9.95. The predicted molar refractivity (Wildman–Crippen MR) is 106 cm³/mol. The van der Waals surface area contributed by atoms with Crippen molar-refractivity contribution in [1.82, 2.24) is 15.1 Å². The minimum Gasteiger partial charge on any atom is -0.393 e. The van der Waals surface area contributed by atoms with Crippen LogP contribution in [-0.4, -0.2) is 72.8 Å². The third-order valence-corrected chi connectivity index (χ3v) is 5.72. The van der Waals surface area contributed by atoms with Crippen LogP contribution in [0.3, 0.4) is 0 Å². The summed E-state index contributed by atoms with van der Waals surface area (Å²) in [6.45, 7) is 5.62. The van der Waals surface area contributed by atoms with E-state index in [-0.39, 0.29) is 30.1 Å². The van der Waals surface area contributed by atoms with E-state index < -0.39 is 0 Å². The lowest BCUT2D eigenvalue weighted by atomic mass is 10.1. The quantitative estimate of drug-likeness (QED) is 0.403. The van der Waals surface area contributed by atoms with Gasteiger partial charge in [-0.25, -0.2) is 0 Å². The number of guanidine groups is 1. The molecule has 3 atom stereocenters. The molecule has 3 unspecified atom stereocenters. The lowest BCUT2D eigenvalue weighted by Gasteiger charge is -2.32. The molecule has 2 saturated heterocycles. The lowest BCUT2D eigenvalue weighted by molar-refractivity contribution is 0.133.